The molecule has 1 saturated heterocycles. The van der Waals surface area contributed by atoms with Crippen LogP contribution in [-0.2, 0) is 0 Å². The van der Waals surface area contributed by atoms with E-state index in [0.29, 0.717) is 11.5 Å². The predicted octanol–water partition coefficient (Wildman–Crippen LogP) is -0.0237. The van der Waals surface area contributed by atoms with Gasteiger partial charge in [0.05, 0.1) is 0 Å². The van der Waals surface area contributed by atoms with Gasteiger partial charge in [0.15, 0.2) is 11.5 Å². The first-order valence-electron chi connectivity index (χ1n) is 6.56. The summed E-state index contributed by atoms with van der Waals surface area (Å²) in [6.07, 6.45) is 2.12. The summed E-state index contributed by atoms with van der Waals surface area (Å²) >= 11 is 0. The van der Waals surface area contributed by atoms with Crippen molar-refractivity contribution in [2.45, 2.75) is 25.8 Å². The number of likely N-dealkylation sites (N-methyl/N-ethyl adjacent to an activating group) is 1. The molecule has 7 heteroatoms. The highest BCUT2D eigenvalue weighted by Crippen LogP contribution is 2.10. The molecule has 1 atom stereocenters. The fraction of sp³-hybridized carbons (Fsp3) is 0.583. The number of piperidine rings is 1. The number of anilines is 1. The summed E-state index contributed by atoms with van der Waals surface area (Å²) in [5.74, 6) is 5.45. The van der Waals surface area contributed by atoms with E-state index in [9.17, 15) is 4.79 Å². The molecule has 1 unspecified atom stereocenters. The fourth-order valence-electron chi connectivity index (χ4n) is 2.25. The Labute approximate surface area is 112 Å². The van der Waals surface area contributed by atoms with Gasteiger partial charge in [-0.2, -0.15) is 0 Å². The Hall–Kier alpha value is -1.73. The number of likely N-dealkylation sites (tertiary alicyclic amines) is 1. The van der Waals surface area contributed by atoms with Crippen LogP contribution in [0, 0.1) is 0 Å². The van der Waals surface area contributed by atoms with E-state index in [1.54, 1.807) is 12.1 Å². The van der Waals surface area contributed by atoms with Crippen molar-refractivity contribution < 1.29 is 4.79 Å². The third-order valence-electron chi connectivity index (χ3n) is 3.33. The maximum absolute atomic E-state index is 12.0. The first-order chi connectivity index (χ1) is 9.22. The number of nitrogens with zero attached hydrogens (tertiary/aromatic N) is 3. The molecule has 1 aromatic heterocycles. The van der Waals surface area contributed by atoms with Gasteiger partial charge in [-0.25, -0.2) is 5.84 Å². The Bertz CT molecular complexity index is 421. The van der Waals surface area contributed by atoms with Crippen molar-refractivity contribution >= 4 is 11.7 Å². The van der Waals surface area contributed by atoms with Gasteiger partial charge in [-0.05, 0) is 38.1 Å². The molecule has 1 aliphatic rings. The highest BCUT2D eigenvalue weighted by atomic mass is 16.2. The van der Waals surface area contributed by atoms with Gasteiger partial charge >= 0.3 is 0 Å². The second-order valence-electron chi connectivity index (χ2n) is 4.65. The second kappa shape index (κ2) is 6.44. The van der Waals surface area contributed by atoms with Gasteiger partial charge in [-0.15, -0.1) is 10.2 Å². The molecule has 2 rings (SSSR count). The average Bonchev–Trinajstić information content (AvgIpc) is 2.47. The quantitative estimate of drug-likeness (QED) is 0.522. The molecule has 0 aromatic carbocycles. The Morgan fingerprint density at radius 1 is 1.53 bits per heavy atom. The number of hydrogen-bond acceptors (Lipinski definition) is 6. The van der Waals surface area contributed by atoms with E-state index in [1.807, 2.05) is 0 Å². The zero-order chi connectivity index (χ0) is 13.7. The van der Waals surface area contributed by atoms with Crippen LogP contribution >= 0.6 is 0 Å². The van der Waals surface area contributed by atoms with E-state index in [1.165, 1.54) is 0 Å². The molecule has 0 radical (unpaired) electrons. The van der Waals surface area contributed by atoms with Crippen LogP contribution in [0.15, 0.2) is 12.1 Å². The lowest BCUT2D eigenvalue weighted by Crippen LogP contribution is -2.47. The van der Waals surface area contributed by atoms with E-state index in [4.69, 9.17) is 5.84 Å². The number of aromatic nitrogens is 2. The summed E-state index contributed by atoms with van der Waals surface area (Å²) in [5.41, 5.74) is 2.69. The average molecular weight is 264 g/mol. The number of nitrogen functional groups attached to an aromatic ring is 1. The molecule has 2 heterocycles. The molecule has 0 spiro atoms. The third kappa shape index (κ3) is 3.62. The molecule has 0 saturated carbocycles. The zero-order valence-electron chi connectivity index (χ0n) is 11.1. The number of carbonyl (C=O) groups excluding carboxylic acids is 1. The molecule has 4 N–H and O–H groups in total. The minimum atomic E-state index is -0.181. The van der Waals surface area contributed by atoms with Crippen LogP contribution < -0.4 is 16.6 Å². The van der Waals surface area contributed by atoms with Crippen LogP contribution in [0.2, 0.25) is 0 Å². The lowest BCUT2D eigenvalue weighted by molar-refractivity contribution is 0.0900. The summed E-state index contributed by atoms with van der Waals surface area (Å²) in [7, 11) is 0. The van der Waals surface area contributed by atoms with Crippen LogP contribution in [0.25, 0.3) is 0 Å². The van der Waals surface area contributed by atoms with E-state index in [0.717, 1.165) is 32.5 Å². The van der Waals surface area contributed by atoms with Crippen molar-refractivity contribution in [3.05, 3.63) is 17.8 Å². The third-order valence-corrected chi connectivity index (χ3v) is 3.33. The van der Waals surface area contributed by atoms with Crippen LogP contribution in [-0.4, -0.2) is 46.7 Å². The standard InChI is InChI=1S/C12H20N6O/c1-2-18-7-3-4-9(8-18)14-12(19)10-5-6-11(15-13)17-16-10/h5-6,9H,2-4,7-8,13H2,1H3,(H,14,19)(H,15,17). The lowest BCUT2D eigenvalue weighted by Gasteiger charge is -2.32. The van der Waals surface area contributed by atoms with Crippen molar-refractivity contribution in [3.8, 4) is 0 Å². The lowest BCUT2D eigenvalue weighted by atomic mass is 10.1. The van der Waals surface area contributed by atoms with Gasteiger partial charge in [0, 0.05) is 12.6 Å². The van der Waals surface area contributed by atoms with Crippen LogP contribution in [0.4, 0.5) is 5.82 Å². The van der Waals surface area contributed by atoms with E-state index in [2.05, 4.69) is 32.8 Å². The topological polar surface area (TPSA) is 96.2 Å². The molecular formula is C12H20N6O. The van der Waals surface area contributed by atoms with Crippen molar-refractivity contribution in [1.82, 2.24) is 20.4 Å². The monoisotopic (exact) mass is 264 g/mol. The first kappa shape index (κ1) is 13.7. The van der Waals surface area contributed by atoms with Crippen molar-refractivity contribution in [2.75, 3.05) is 25.1 Å². The highest BCUT2D eigenvalue weighted by Gasteiger charge is 2.21. The van der Waals surface area contributed by atoms with E-state index in [-0.39, 0.29) is 11.9 Å². The highest BCUT2D eigenvalue weighted by molar-refractivity contribution is 5.92. The molecule has 0 aliphatic carbocycles. The number of rotatable bonds is 4. The predicted molar refractivity (Wildman–Crippen MR) is 72.4 cm³/mol. The van der Waals surface area contributed by atoms with Gasteiger partial charge in [0.2, 0.25) is 0 Å². The second-order valence-corrected chi connectivity index (χ2v) is 4.65. The van der Waals surface area contributed by atoms with Crippen LogP contribution in [0.5, 0.6) is 0 Å². The van der Waals surface area contributed by atoms with Gasteiger partial charge in [-0.3, -0.25) is 4.79 Å². The molecule has 0 bridgehead atoms. The maximum atomic E-state index is 12.0. The van der Waals surface area contributed by atoms with E-state index >= 15 is 0 Å². The maximum Gasteiger partial charge on any atom is 0.272 e. The Morgan fingerprint density at radius 3 is 3.00 bits per heavy atom. The molecule has 1 aliphatic heterocycles. The minimum absolute atomic E-state index is 0.181. The summed E-state index contributed by atoms with van der Waals surface area (Å²) < 4.78 is 0. The Morgan fingerprint density at radius 2 is 2.37 bits per heavy atom. The van der Waals surface area contributed by atoms with Crippen molar-refractivity contribution in [2.24, 2.45) is 5.84 Å². The molecule has 1 aromatic rings. The molecule has 1 amide bonds. The zero-order valence-corrected chi connectivity index (χ0v) is 11.1. The van der Waals surface area contributed by atoms with Crippen molar-refractivity contribution in [3.63, 3.8) is 0 Å². The number of carbonyl (C=O) groups is 1. The fourth-order valence-corrected chi connectivity index (χ4v) is 2.25. The molecule has 7 nitrogen and oxygen atoms in total. The SMILES string of the molecule is CCN1CCCC(NC(=O)c2ccc(NN)nn2)C1. The van der Waals surface area contributed by atoms with Crippen molar-refractivity contribution in [1.29, 1.82) is 0 Å². The number of nitrogens with one attached hydrogen (secondary N) is 2. The van der Waals surface area contributed by atoms with Crippen LogP contribution in [0.3, 0.4) is 0 Å². The molecule has 104 valence electrons. The summed E-state index contributed by atoms with van der Waals surface area (Å²) in [4.78, 5) is 14.4. The number of hydrazine groups is 1. The summed E-state index contributed by atoms with van der Waals surface area (Å²) in [6, 6.07) is 3.43. The minimum Gasteiger partial charge on any atom is -0.347 e. The Kier molecular flexibility index (Phi) is 4.64. The number of amides is 1. The van der Waals surface area contributed by atoms with Gasteiger partial charge in [0.1, 0.15) is 0 Å². The summed E-state index contributed by atoms with van der Waals surface area (Å²) in [6.45, 7) is 5.16. The van der Waals surface area contributed by atoms with Crippen LogP contribution in [0.1, 0.15) is 30.3 Å². The van der Waals surface area contributed by atoms with Gasteiger partial charge < -0.3 is 15.6 Å². The molecule has 19 heavy (non-hydrogen) atoms. The molecular weight excluding hydrogens is 244 g/mol. The normalized spacial score (nSPS) is 20.0. The first-order valence-corrected chi connectivity index (χ1v) is 6.56. The number of nitrogens with two attached hydrogens (primary N) is 1. The van der Waals surface area contributed by atoms with E-state index < -0.39 is 0 Å². The molecule has 1 fully saturated rings. The smallest absolute Gasteiger partial charge is 0.272 e. The Balaban J connectivity index is 1.92. The van der Waals surface area contributed by atoms with Gasteiger partial charge in [0.25, 0.3) is 5.91 Å². The number of hydrogen-bond donors (Lipinski definition) is 3. The summed E-state index contributed by atoms with van der Waals surface area (Å²) in [5, 5.41) is 10.6. The van der Waals surface area contributed by atoms with Gasteiger partial charge in [-0.1, -0.05) is 6.92 Å². The largest absolute Gasteiger partial charge is 0.347 e.